The normalized spacial score (nSPS) is 9.94. The van der Waals surface area contributed by atoms with Gasteiger partial charge >= 0.3 is 5.97 Å². The minimum Gasteiger partial charge on any atom is -0.497 e. The molecule has 1 N–H and O–H groups in total. The van der Waals surface area contributed by atoms with Crippen LogP contribution < -0.4 is 14.4 Å². The fraction of sp³-hybridized carbons (Fsp3) is 0.462. The quantitative estimate of drug-likeness (QED) is 0.805. The Balaban J connectivity index is 2.72. The van der Waals surface area contributed by atoms with Gasteiger partial charge in [-0.2, -0.15) is 0 Å². The number of carbonyl (C=O) groups is 1. The molecule has 0 aliphatic carbocycles. The summed E-state index contributed by atoms with van der Waals surface area (Å²) in [4.78, 5) is 12.4. The van der Waals surface area contributed by atoms with Gasteiger partial charge in [0.2, 0.25) is 0 Å². The zero-order valence-electron chi connectivity index (χ0n) is 11.0. The molecule has 0 heterocycles. The second kappa shape index (κ2) is 6.74. The van der Waals surface area contributed by atoms with Crippen molar-refractivity contribution in [2.75, 3.05) is 32.7 Å². The van der Waals surface area contributed by atoms with Crippen molar-refractivity contribution in [3.05, 3.63) is 18.2 Å². The molecule has 100 valence electrons. The van der Waals surface area contributed by atoms with Gasteiger partial charge in [-0.1, -0.05) is 0 Å². The summed E-state index contributed by atoms with van der Waals surface area (Å²) < 4.78 is 10.4. The number of methoxy groups -OCH3 is 2. The predicted octanol–water partition coefficient (Wildman–Crippen LogP) is 2.00. The van der Waals surface area contributed by atoms with Gasteiger partial charge in [0.15, 0.2) is 0 Å². The molecule has 1 aromatic carbocycles. The highest BCUT2D eigenvalue weighted by Crippen LogP contribution is 2.31. The topological polar surface area (TPSA) is 59.0 Å². The van der Waals surface area contributed by atoms with Gasteiger partial charge in [0, 0.05) is 26.1 Å². The number of ether oxygens (including phenoxy) is 2. The zero-order chi connectivity index (χ0) is 13.5. The number of carboxylic acids is 1. The molecular weight excluding hydrogens is 234 g/mol. The van der Waals surface area contributed by atoms with E-state index in [0.29, 0.717) is 18.7 Å². The Hall–Kier alpha value is -1.91. The van der Waals surface area contributed by atoms with Gasteiger partial charge in [-0.3, -0.25) is 4.79 Å². The van der Waals surface area contributed by atoms with E-state index in [1.54, 1.807) is 14.2 Å². The minimum atomic E-state index is -0.773. The fourth-order valence-corrected chi connectivity index (χ4v) is 1.69. The Morgan fingerprint density at radius 2 is 2.06 bits per heavy atom. The van der Waals surface area contributed by atoms with Crippen LogP contribution in [0.2, 0.25) is 0 Å². The molecule has 0 aliphatic heterocycles. The Morgan fingerprint density at radius 3 is 2.61 bits per heavy atom. The fourth-order valence-electron chi connectivity index (χ4n) is 1.69. The van der Waals surface area contributed by atoms with Crippen molar-refractivity contribution in [2.24, 2.45) is 0 Å². The maximum absolute atomic E-state index is 10.5. The molecule has 0 aliphatic rings. The maximum atomic E-state index is 10.5. The van der Waals surface area contributed by atoms with Crippen LogP contribution in [0.1, 0.15) is 12.8 Å². The Kier molecular flexibility index (Phi) is 5.30. The van der Waals surface area contributed by atoms with Crippen LogP contribution in [0.25, 0.3) is 0 Å². The number of rotatable bonds is 7. The molecule has 5 heteroatoms. The van der Waals surface area contributed by atoms with E-state index in [9.17, 15) is 4.79 Å². The van der Waals surface area contributed by atoms with E-state index >= 15 is 0 Å². The lowest BCUT2D eigenvalue weighted by molar-refractivity contribution is -0.137. The van der Waals surface area contributed by atoms with Gasteiger partial charge in [0.05, 0.1) is 19.9 Å². The summed E-state index contributed by atoms with van der Waals surface area (Å²) in [6.45, 7) is 0.662. The van der Waals surface area contributed by atoms with Crippen LogP contribution in [0.3, 0.4) is 0 Å². The van der Waals surface area contributed by atoms with Gasteiger partial charge < -0.3 is 19.5 Å². The van der Waals surface area contributed by atoms with Crippen LogP contribution in [0.15, 0.2) is 18.2 Å². The van der Waals surface area contributed by atoms with E-state index < -0.39 is 5.97 Å². The standard InChI is InChI=1S/C13H19NO4/c1-14(8-4-5-13(15)16)11-7-6-10(17-2)9-12(11)18-3/h6-7,9H,4-5,8H2,1-3H3,(H,15,16). The van der Waals surface area contributed by atoms with Crippen molar-refractivity contribution in [1.82, 2.24) is 0 Å². The molecule has 0 spiro atoms. The summed E-state index contributed by atoms with van der Waals surface area (Å²) in [6, 6.07) is 5.56. The second-order valence-corrected chi connectivity index (χ2v) is 3.96. The summed E-state index contributed by atoms with van der Waals surface area (Å²) in [5, 5.41) is 8.61. The summed E-state index contributed by atoms with van der Waals surface area (Å²) in [5.41, 5.74) is 0.920. The molecule has 18 heavy (non-hydrogen) atoms. The molecule has 1 aromatic rings. The Bertz CT molecular complexity index is 406. The van der Waals surface area contributed by atoms with Gasteiger partial charge in [-0.15, -0.1) is 0 Å². The number of hydrogen-bond acceptors (Lipinski definition) is 4. The molecule has 0 unspecified atom stereocenters. The van der Waals surface area contributed by atoms with Gasteiger partial charge in [0.1, 0.15) is 11.5 Å². The van der Waals surface area contributed by atoms with E-state index in [2.05, 4.69) is 0 Å². The smallest absolute Gasteiger partial charge is 0.303 e. The van der Waals surface area contributed by atoms with Gasteiger partial charge in [0.25, 0.3) is 0 Å². The second-order valence-electron chi connectivity index (χ2n) is 3.96. The van der Waals surface area contributed by atoms with E-state index in [4.69, 9.17) is 14.6 Å². The molecule has 0 aromatic heterocycles. The highest BCUT2D eigenvalue weighted by atomic mass is 16.5. The van der Waals surface area contributed by atoms with Crippen LogP contribution >= 0.6 is 0 Å². The van der Waals surface area contributed by atoms with Gasteiger partial charge in [-0.05, 0) is 18.6 Å². The van der Waals surface area contributed by atoms with E-state index in [-0.39, 0.29) is 6.42 Å². The Labute approximate surface area is 107 Å². The lowest BCUT2D eigenvalue weighted by Crippen LogP contribution is -2.20. The van der Waals surface area contributed by atoms with E-state index in [1.165, 1.54) is 0 Å². The first-order valence-electron chi connectivity index (χ1n) is 5.73. The summed E-state index contributed by atoms with van der Waals surface area (Å²) in [5.74, 6) is 0.673. The monoisotopic (exact) mass is 253 g/mol. The number of anilines is 1. The van der Waals surface area contributed by atoms with Crippen molar-refractivity contribution < 1.29 is 19.4 Å². The molecule has 0 radical (unpaired) electrons. The van der Waals surface area contributed by atoms with E-state index in [0.717, 1.165) is 11.4 Å². The first-order chi connectivity index (χ1) is 8.58. The first-order valence-corrected chi connectivity index (χ1v) is 5.73. The molecule has 1 rings (SSSR count). The molecule has 0 bridgehead atoms. The number of nitrogens with zero attached hydrogens (tertiary/aromatic N) is 1. The number of hydrogen-bond donors (Lipinski definition) is 1. The largest absolute Gasteiger partial charge is 0.497 e. The summed E-state index contributed by atoms with van der Waals surface area (Å²) in [6.07, 6.45) is 0.768. The van der Waals surface area contributed by atoms with Crippen molar-refractivity contribution in [1.29, 1.82) is 0 Å². The average Bonchev–Trinajstić information content (AvgIpc) is 2.37. The molecule has 0 saturated heterocycles. The third-order valence-corrected chi connectivity index (χ3v) is 2.68. The summed E-state index contributed by atoms with van der Waals surface area (Å²) >= 11 is 0. The first kappa shape index (κ1) is 14.2. The molecule has 0 fully saturated rings. The molecule has 0 amide bonds. The van der Waals surface area contributed by atoms with Gasteiger partial charge in [-0.25, -0.2) is 0 Å². The van der Waals surface area contributed by atoms with Crippen molar-refractivity contribution in [3.8, 4) is 11.5 Å². The maximum Gasteiger partial charge on any atom is 0.303 e. The number of benzene rings is 1. The van der Waals surface area contributed by atoms with Crippen molar-refractivity contribution in [2.45, 2.75) is 12.8 Å². The lowest BCUT2D eigenvalue weighted by atomic mass is 10.2. The third-order valence-electron chi connectivity index (χ3n) is 2.68. The molecule has 5 nitrogen and oxygen atoms in total. The zero-order valence-corrected chi connectivity index (χ0v) is 11.0. The Morgan fingerprint density at radius 1 is 1.33 bits per heavy atom. The average molecular weight is 253 g/mol. The van der Waals surface area contributed by atoms with E-state index in [1.807, 2.05) is 30.1 Å². The van der Waals surface area contributed by atoms with Crippen LogP contribution in [-0.2, 0) is 4.79 Å². The highest BCUT2D eigenvalue weighted by molar-refractivity contribution is 5.66. The minimum absolute atomic E-state index is 0.169. The van der Waals surface area contributed by atoms with Crippen LogP contribution in [0.5, 0.6) is 11.5 Å². The predicted molar refractivity (Wildman–Crippen MR) is 69.7 cm³/mol. The van der Waals surface area contributed by atoms with Crippen molar-refractivity contribution >= 4 is 11.7 Å². The van der Waals surface area contributed by atoms with Crippen LogP contribution in [-0.4, -0.2) is 38.9 Å². The molecule has 0 atom stereocenters. The van der Waals surface area contributed by atoms with Crippen LogP contribution in [0, 0.1) is 0 Å². The SMILES string of the molecule is COc1ccc(N(C)CCCC(=O)O)c(OC)c1. The molecular formula is C13H19NO4. The van der Waals surface area contributed by atoms with Crippen molar-refractivity contribution in [3.63, 3.8) is 0 Å². The number of aliphatic carboxylic acids is 1. The lowest BCUT2D eigenvalue weighted by Gasteiger charge is -2.21. The number of carboxylic acid groups (broad SMARTS) is 1. The molecule has 0 saturated carbocycles. The van der Waals surface area contributed by atoms with Crippen LogP contribution in [0.4, 0.5) is 5.69 Å². The third kappa shape index (κ3) is 3.84. The highest BCUT2D eigenvalue weighted by Gasteiger charge is 2.09. The summed E-state index contributed by atoms with van der Waals surface area (Å²) in [7, 11) is 5.11.